The molecule has 0 atom stereocenters. The number of nitrogens with two attached hydrogens (primary N) is 1. The molecule has 0 heterocycles. The molecule has 0 spiro atoms. The Hall–Kier alpha value is -2.56. The maximum absolute atomic E-state index is 13.4. The molecular weight excluding hydrogens is 247 g/mol. The lowest BCUT2D eigenvalue weighted by molar-refractivity contribution is 0.305. The highest BCUT2D eigenvalue weighted by atomic mass is 19.1. The van der Waals surface area contributed by atoms with Crippen molar-refractivity contribution in [2.24, 2.45) is 10.9 Å². The number of para-hydroxylation sites is 1. The van der Waals surface area contributed by atoms with Gasteiger partial charge in [0.05, 0.1) is 0 Å². The Bertz CT molecular complexity index is 585. The monoisotopic (exact) mass is 260 g/mol. The van der Waals surface area contributed by atoms with Crippen LogP contribution >= 0.6 is 0 Å². The summed E-state index contributed by atoms with van der Waals surface area (Å²) < 4.78 is 18.9. The molecule has 19 heavy (non-hydrogen) atoms. The van der Waals surface area contributed by atoms with Crippen molar-refractivity contribution >= 4 is 5.84 Å². The SMILES string of the molecule is N/C(=N/O)c1cc(F)cc(COc2ccccc2)c1. The first-order valence-corrected chi connectivity index (χ1v) is 5.64. The van der Waals surface area contributed by atoms with Crippen LogP contribution in [-0.2, 0) is 6.61 Å². The minimum absolute atomic E-state index is 0.138. The third-order valence-electron chi connectivity index (χ3n) is 2.51. The van der Waals surface area contributed by atoms with Crippen LogP contribution in [0, 0.1) is 5.82 Å². The van der Waals surface area contributed by atoms with Gasteiger partial charge in [0.25, 0.3) is 0 Å². The number of nitrogens with zero attached hydrogens (tertiary/aromatic N) is 1. The van der Waals surface area contributed by atoms with E-state index < -0.39 is 5.82 Å². The third-order valence-corrected chi connectivity index (χ3v) is 2.51. The largest absolute Gasteiger partial charge is 0.489 e. The Morgan fingerprint density at radius 3 is 2.63 bits per heavy atom. The molecule has 0 saturated carbocycles. The van der Waals surface area contributed by atoms with E-state index in [-0.39, 0.29) is 12.4 Å². The molecular formula is C14H13FN2O2. The minimum atomic E-state index is -0.462. The zero-order valence-corrected chi connectivity index (χ0v) is 10.1. The zero-order chi connectivity index (χ0) is 13.7. The lowest BCUT2D eigenvalue weighted by Crippen LogP contribution is -2.14. The summed E-state index contributed by atoms with van der Waals surface area (Å²) in [7, 11) is 0. The van der Waals surface area contributed by atoms with E-state index in [1.165, 1.54) is 12.1 Å². The van der Waals surface area contributed by atoms with Crippen LogP contribution in [0.5, 0.6) is 5.75 Å². The maximum atomic E-state index is 13.4. The number of hydrogen-bond acceptors (Lipinski definition) is 3. The number of halogens is 1. The molecule has 4 nitrogen and oxygen atoms in total. The van der Waals surface area contributed by atoms with Crippen LogP contribution in [0.25, 0.3) is 0 Å². The van der Waals surface area contributed by atoms with Crippen LogP contribution < -0.4 is 10.5 Å². The van der Waals surface area contributed by atoms with Gasteiger partial charge in [-0.3, -0.25) is 0 Å². The summed E-state index contributed by atoms with van der Waals surface area (Å²) in [5.74, 6) is 0.0910. The molecule has 0 unspecified atom stereocenters. The maximum Gasteiger partial charge on any atom is 0.170 e. The van der Waals surface area contributed by atoms with E-state index in [1.54, 1.807) is 6.07 Å². The summed E-state index contributed by atoms with van der Waals surface area (Å²) in [6.07, 6.45) is 0. The van der Waals surface area contributed by atoms with Crippen molar-refractivity contribution < 1.29 is 14.3 Å². The van der Waals surface area contributed by atoms with E-state index in [0.29, 0.717) is 16.9 Å². The number of hydrogen-bond donors (Lipinski definition) is 2. The van der Waals surface area contributed by atoms with E-state index in [1.807, 2.05) is 30.3 Å². The van der Waals surface area contributed by atoms with Crippen molar-refractivity contribution in [1.82, 2.24) is 0 Å². The summed E-state index contributed by atoms with van der Waals surface area (Å²) in [6.45, 7) is 0.202. The molecule has 0 aliphatic rings. The van der Waals surface area contributed by atoms with Gasteiger partial charge in [-0.05, 0) is 35.9 Å². The van der Waals surface area contributed by atoms with E-state index >= 15 is 0 Å². The molecule has 0 bridgehead atoms. The number of amidine groups is 1. The van der Waals surface area contributed by atoms with Gasteiger partial charge >= 0.3 is 0 Å². The van der Waals surface area contributed by atoms with Gasteiger partial charge in [0, 0.05) is 5.56 Å². The fraction of sp³-hybridized carbons (Fsp3) is 0.0714. The first-order chi connectivity index (χ1) is 9.19. The zero-order valence-electron chi connectivity index (χ0n) is 10.1. The van der Waals surface area contributed by atoms with Gasteiger partial charge in [-0.25, -0.2) is 4.39 Å². The first-order valence-electron chi connectivity index (χ1n) is 5.64. The second-order valence-electron chi connectivity index (χ2n) is 3.94. The molecule has 5 heteroatoms. The third kappa shape index (κ3) is 3.45. The molecule has 98 valence electrons. The van der Waals surface area contributed by atoms with Crippen LogP contribution in [-0.4, -0.2) is 11.0 Å². The second-order valence-corrected chi connectivity index (χ2v) is 3.94. The molecule has 0 radical (unpaired) electrons. The summed E-state index contributed by atoms with van der Waals surface area (Å²) in [4.78, 5) is 0. The van der Waals surface area contributed by atoms with Gasteiger partial charge in [0.2, 0.25) is 0 Å². The van der Waals surface area contributed by atoms with Gasteiger partial charge in [-0.2, -0.15) is 0 Å². The first kappa shape index (κ1) is 12.9. The van der Waals surface area contributed by atoms with Crippen LogP contribution in [0.4, 0.5) is 4.39 Å². The molecule has 2 aromatic carbocycles. The van der Waals surface area contributed by atoms with Crippen molar-refractivity contribution in [3.63, 3.8) is 0 Å². The van der Waals surface area contributed by atoms with E-state index in [0.717, 1.165) is 0 Å². The van der Waals surface area contributed by atoms with Crippen molar-refractivity contribution in [2.45, 2.75) is 6.61 Å². The van der Waals surface area contributed by atoms with Gasteiger partial charge < -0.3 is 15.7 Å². The van der Waals surface area contributed by atoms with Gasteiger partial charge in [-0.15, -0.1) is 0 Å². The predicted molar refractivity (Wildman–Crippen MR) is 69.7 cm³/mol. The summed E-state index contributed by atoms with van der Waals surface area (Å²) in [5.41, 5.74) is 6.35. The molecule has 0 aromatic heterocycles. The highest BCUT2D eigenvalue weighted by molar-refractivity contribution is 5.97. The fourth-order valence-corrected chi connectivity index (χ4v) is 1.62. The topological polar surface area (TPSA) is 67.8 Å². The molecule has 0 fully saturated rings. The summed E-state index contributed by atoms with van der Waals surface area (Å²) in [5, 5.41) is 11.4. The van der Waals surface area contributed by atoms with Crippen LogP contribution in [0.1, 0.15) is 11.1 Å². The van der Waals surface area contributed by atoms with Crippen molar-refractivity contribution in [3.05, 3.63) is 65.5 Å². The van der Waals surface area contributed by atoms with Gasteiger partial charge in [-0.1, -0.05) is 23.4 Å². The number of ether oxygens (including phenoxy) is 1. The predicted octanol–water partition coefficient (Wildman–Crippen LogP) is 2.50. The summed E-state index contributed by atoms with van der Waals surface area (Å²) >= 11 is 0. The number of oxime groups is 1. The van der Waals surface area contributed by atoms with Crippen molar-refractivity contribution in [2.75, 3.05) is 0 Å². The Balaban J connectivity index is 2.14. The van der Waals surface area contributed by atoms with Crippen LogP contribution in [0.2, 0.25) is 0 Å². The van der Waals surface area contributed by atoms with Gasteiger partial charge in [0.15, 0.2) is 5.84 Å². The molecule has 3 N–H and O–H groups in total. The molecule has 2 aromatic rings. The molecule has 0 amide bonds. The Morgan fingerprint density at radius 1 is 1.21 bits per heavy atom. The average Bonchev–Trinajstić information content (AvgIpc) is 2.45. The minimum Gasteiger partial charge on any atom is -0.489 e. The quantitative estimate of drug-likeness (QED) is 0.384. The lowest BCUT2D eigenvalue weighted by atomic mass is 10.1. The number of rotatable bonds is 4. The molecule has 0 aliphatic heterocycles. The molecule has 0 saturated heterocycles. The standard InChI is InChI=1S/C14H13FN2O2/c15-12-7-10(6-11(8-12)14(16)17-18)9-19-13-4-2-1-3-5-13/h1-8,18H,9H2,(H2,16,17). The normalized spacial score (nSPS) is 11.3. The highest BCUT2D eigenvalue weighted by Gasteiger charge is 2.05. The second kappa shape index (κ2) is 5.86. The fourth-order valence-electron chi connectivity index (χ4n) is 1.62. The summed E-state index contributed by atoms with van der Waals surface area (Å²) in [6, 6.07) is 13.4. The Kier molecular flexibility index (Phi) is 3.97. The highest BCUT2D eigenvalue weighted by Crippen LogP contribution is 2.14. The van der Waals surface area contributed by atoms with Crippen molar-refractivity contribution in [3.8, 4) is 5.75 Å². The lowest BCUT2D eigenvalue weighted by Gasteiger charge is -2.08. The van der Waals surface area contributed by atoms with Crippen LogP contribution in [0.3, 0.4) is 0 Å². The van der Waals surface area contributed by atoms with E-state index in [2.05, 4.69) is 5.16 Å². The van der Waals surface area contributed by atoms with Crippen molar-refractivity contribution in [1.29, 1.82) is 0 Å². The smallest absolute Gasteiger partial charge is 0.170 e. The Morgan fingerprint density at radius 2 is 1.95 bits per heavy atom. The Labute approximate surface area is 109 Å². The molecule has 0 aliphatic carbocycles. The van der Waals surface area contributed by atoms with E-state index in [4.69, 9.17) is 15.7 Å². The van der Waals surface area contributed by atoms with Crippen LogP contribution in [0.15, 0.2) is 53.7 Å². The number of benzene rings is 2. The average molecular weight is 260 g/mol. The van der Waals surface area contributed by atoms with Gasteiger partial charge in [0.1, 0.15) is 18.2 Å². The van der Waals surface area contributed by atoms with E-state index in [9.17, 15) is 4.39 Å². The molecule has 2 rings (SSSR count).